The first-order chi connectivity index (χ1) is 13.5. The van der Waals surface area contributed by atoms with E-state index in [-0.39, 0.29) is 18.1 Å². The standard InChI is InChI=1S/C21H25N3O4/c1-14-10-18(16-4-3-5-17(12-16)21(26)27)23-19(22-14)11-15-6-8-24(9-7-15)20(25)13-28-2/h3-5,10,12,15H,6-9,11,13H2,1-2H3,(H,26,27). The predicted octanol–water partition coefficient (Wildman–Crippen LogP) is 2.58. The lowest BCUT2D eigenvalue weighted by atomic mass is 9.93. The Balaban J connectivity index is 1.70. The Labute approximate surface area is 164 Å². The lowest BCUT2D eigenvalue weighted by Crippen LogP contribution is -2.40. The fraction of sp³-hybridized carbons (Fsp3) is 0.429. The maximum absolute atomic E-state index is 11.9. The van der Waals surface area contributed by atoms with Crippen molar-refractivity contribution < 1.29 is 19.4 Å². The third-order valence-corrected chi connectivity index (χ3v) is 5.01. The number of likely N-dealkylation sites (tertiary alicyclic amines) is 1. The number of amides is 1. The van der Waals surface area contributed by atoms with Crippen LogP contribution < -0.4 is 0 Å². The number of ether oxygens (including phenoxy) is 1. The van der Waals surface area contributed by atoms with Crippen LogP contribution in [0.1, 0.15) is 34.7 Å². The number of methoxy groups -OCH3 is 1. The summed E-state index contributed by atoms with van der Waals surface area (Å²) in [6.07, 6.45) is 2.58. The van der Waals surface area contributed by atoms with Gasteiger partial charge in [0, 0.05) is 37.9 Å². The topological polar surface area (TPSA) is 92.6 Å². The summed E-state index contributed by atoms with van der Waals surface area (Å²) in [6.45, 7) is 3.50. The lowest BCUT2D eigenvalue weighted by Gasteiger charge is -2.31. The molecule has 1 N–H and O–H groups in total. The third-order valence-electron chi connectivity index (χ3n) is 5.01. The number of carbonyl (C=O) groups is 2. The summed E-state index contributed by atoms with van der Waals surface area (Å²) in [5.41, 5.74) is 2.60. The van der Waals surface area contributed by atoms with Gasteiger partial charge < -0.3 is 14.7 Å². The summed E-state index contributed by atoms with van der Waals surface area (Å²) >= 11 is 0. The highest BCUT2D eigenvalue weighted by Gasteiger charge is 2.23. The summed E-state index contributed by atoms with van der Waals surface area (Å²) in [6, 6.07) is 8.66. The zero-order valence-electron chi connectivity index (χ0n) is 16.2. The number of hydrogen-bond donors (Lipinski definition) is 1. The highest BCUT2D eigenvalue weighted by atomic mass is 16.5. The van der Waals surface area contributed by atoms with E-state index >= 15 is 0 Å². The van der Waals surface area contributed by atoms with E-state index in [9.17, 15) is 14.7 Å². The van der Waals surface area contributed by atoms with E-state index in [2.05, 4.69) is 9.97 Å². The van der Waals surface area contributed by atoms with Crippen LogP contribution >= 0.6 is 0 Å². The van der Waals surface area contributed by atoms with Crippen LogP contribution in [0.25, 0.3) is 11.3 Å². The predicted molar refractivity (Wildman–Crippen MR) is 104 cm³/mol. The van der Waals surface area contributed by atoms with E-state index in [4.69, 9.17) is 4.74 Å². The molecule has 3 rings (SSSR count). The quantitative estimate of drug-likeness (QED) is 0.824. The number of aromatic nitrogens is 2. The van der Waals surface area contributed by atoms with Gasteiger partial charge >= 0.3 is 5.97 Å². The van der Waals surface area contributed by atoms with Crippen molar-refractivity contribution in [1.82, 2.24) is 14.9 Å². The molecule has 2 heterocycles. The number of piperidine rings is 1. The minimum atomic E-state index is -0.956. The molecule has 1 amide bonds. The number of benzene rings is 1. The van der Waals surface area contributed by atoms with E-state index in [1.54, 1.807) is 18.2 Å². The van der Waals surface area contributed by atoms with Crippen molar-refractivity contribution in [2.45, 2.75) is 26.2 Å². The number of aryl methyl sites for hydroxylation is 1. The molecule has 1 aliphatic rings. The first-order valence-corrected chi connectivity index (χ1v) is 9.41. The summed E-state index contributed by atoms with van der Waals surface area (Å²) in [4.78, 5) is 34.2. The van der Waals surface area contributed by atoms with Crippen LogP contribution in [0.15, 0.2) is 30.3 Å². The Morgan fingerprint density at radius 1 is 1.21 bits per heavy atom. The lowest BCUT2D eigenvalue weighted by molar-refractivity contribution is -0.136. The minimum Gasteiger partial charge on any atom is -0.478 e. The second kappa shape index (κ2) is 8.93. The van der Waals surface area contributed by atoms with Crippen molar-refractivity contribution >= 4 is 11.9 Å². The summed E-state index contributed by atoms with van der Waals surface area (Å²) in [5.74, 6) is 0.264. The summed E-state index contributed by atoms with van der Waals surface area (Å²) in [5, 5.41) is 9.21. The second-order valence-electron chi connectivity index (χ2n) is 7.16. The Kier molecular flexibility index (Phi) is 6.36. The van der Waals surface area contributed by atoms with Crippen LogP contribution in [0.3, 0.4) is 0 Å². The summed E-state index contributed by atoms with van der Waals surface area (Å²) in [7, 11) is 1.53. The van der Waals surface area contributed by atoms with Crippen LogP contribution in [0.4, 0.5) is 0 Å². The van der Waals surface area contributed by atoms with E-state index in [1.807, 2.05) is 24.0 Å². The average Bonchev–Trinajstić information content (AvgIpc) is 2.68. The molecule has 0 spiro atoms. The number of hydrogen-bond acceptors (Lipinski definition) is 5. The van der Waals surface area contributed by atoms with Gasteiger partial charge in [0.1, 0.15) is 12.4 Å². The van der Waals surface area contributed by atoms with Crippen LogP contribution in [-0.2, 0) is 16.0 Å². The number of carbonyl (C=O) groups excluding carboxylic acids is 1. The SMILES string of the molecule is COCC(=O)N1CCC(Cc2nc(C)cc(-c3cccc(C(=O)O)c3)n2)CC1. The van der Waals surface area contributed by atoms with Gasteiger partial charge in [0.25, 0.3) is 0 Å². The van der Waals surface area contributed by atoms with Crippen LogP contribution in [-0.4, -0.2) is 58.7 Å². The van der Waals surface area contributed by atoms with Gasteiger partial charge in [0.15, 0.2) is 0 Å². The Hall–Kier alpha value is -2.80. The van der Waals surface area contributed by atoms with Gasteiger partial charge in [-0.2, -0.15) is 0 Å². The zero-order chi connectivity index (χ0) is 20.1. The maximum atomic E-state index is 11.9. The van der Waals surface area contributed by atoms with Gasteiger partial charge in [-0.1, -0.05) is 12.1 Å². The fourth-order valence-corrected chi connectivity index (χ4v) is 3.54. The largest absolute Gasteiger partial charge is 0.478 e. The molecule has 7 nitrogen and oxygen atoms in total. The van der Waals surface area contributed by atoms with Gasteiger partial charge in [0.05, 0.1) is 11.3 Å². The van der Waals surface area contributed by atoms with Gasteiger partial charge in [-0.05, 0) is 43.9 Å². The number of rotatable bonds is 6. The minimum absolute atomic E-state index is 0.0355. The molecule has 2 aromatic rings. The van der Waals surface area contributed by atoms with E-state index in [0.717, 1.165) is 55.1 Å². The normalized spacial score (nSPS) is 14.9. The molecule has 1 fully saturated rings. The highest BCUT2D eigenvalue weighted by molar-refractivity contribution is 5.89. The monoisotopic (exact) mass is 383 g/mol. The first-order valence-electron chi connectivity index (χ1n) is 9.41. The van der Waals surface area contributed by atoms with Crippen LogP contribution in [0.2, 0.25) is 0 Å². The molecule has 0 saturated carbocycles. The smallest absolute Gasteiger partial charge is 0.335 e. The second-order valence-corrected chi connectivity index (χ2v) is 7.16. The third kappa shape index (κ3) is 4.92. The summed E-state index contributed by atoms with van der Waals surface area (Å²) < 4.78 is 4.92. The number of nitrogens with zero attached hydrogens (tertiary/aromatic N) is 3. The van der Waals surface area contributed by atoms with Gasteiger partial charge in [-0.3, -0.25) is 4.79 Å². The van der Waals surface area contributed by atoms with Crippen molar-refractivity contribution in [2.75, 3.05) is 26.8 Å². The van der Waals surface area contributed by atoms with Crippen molar-refractivity contribution in [3.05, 3.63) is 47.4 Å². The molecule has 1 aliphatic heterocycles. The molecule has 0 radical (unpaired) electrons. The molecular formula is C21H25N3O4. The number of carboxylic acids is 1. The van der Waals surface area contributed by atoms with Gasteiger partial charge in [-0.15, -0.1) is 0 Å². The first kappa shape index (κ1) is 19.9. The number of carboxylic acid groups (broad SMARTS) is 1. The van der Waals surface area contributed by atoms with Crippen molar-refractivity contribution in [1.29, 1.82) is 0 Å². The van der Waals surface area contributed by atoms with Gasteiger partial charge in [0.2, 0.25) is 5.91 Å². The maximum Gasteiger partial charge on any atom is 0.335 e. The Bertz CT molecular complexity index is 860. The molecule has 0 atom stereocenters. The molecule has 1 aromatic heterocycles. The fourth-order valence-electron chi connectivity index (χ4n) is 3.54. The molecule has 148 valence electrons. The van der Waals surface area contributed by atoms with Crippen molar-refractivity contribution in [2.24, 2.45) is 5.92 Å². The van der Waals surface area contributed by atoms with Crippen molar-refractivity contribution in [3.63, 3.8) is 0 Å². The molecule has 1 saturated heterocycles. The van der Waals surface area contributed by atoms with Crippen molar-refractivity contribution in [3.8, 4) is 11.3 Å². The molecule has 1 aromatic carbocycles. The number of aromatic carboxylic acids is 1. The highest BCUT2D eigenvalue weighted by Crippen LogP contribution is 2.23. The molecule has 7 heteroatoms. The van der Waals surface area contributed by atoms with E-state index < -0.39 is 5.97 Å². The molecule has 28 heavy (non-hydrogen) atoms. The average molecular weight is 383 g/mol. The molecule has 0 bridgehead atoms. The zero-order valence-corrected chi connectivity index (χ0v) is 16.2. The Morgan fingerprint density at radius 3 is 2.64 bits per heavy atom. The molecule has 0 aliphatic carbocycles. The van der Waals surface area contributed by atoms with Gasteiger partial charge in [-0.25, -0.2) is 14.8 Å². The Morgan fingerprint density at radius 2 is 1.96 bits per heavy atom. The van der Waals surface area contributed by atoms with E-state index in [0.29, 0.717) is 5.92 Å². The van der Waals surface area contributed by atoms with Crippen LogP contribution in [0.5, 0.6) is 0 Å². The van der Waals surface area contributed by atoms with E-state index in [1.165, 1.54) is 7.11 Å². The molecule has 0 unspecified atom stereocenters. The van der Waals surface area contributed by atoms with Crippen LogP contribution in [0, 0.1) is 12.8 Å². The molecular weight excluding hydrogens is 358 g/mol.